The SMILES string of the molecule is Cc1cccc(-c2ccc(CC#N)cc2F)c1. The molecule has 2 aromatic carbocycles. The molecular formula is C15H12FN. The van der Waals surface area contributed by atoms with Gasteiger partial charge in [0.2, 0.25) is 0 Å². The van der Waals surface area contributed by atoms with E-state index in [1.807, 2.05) is 37.3 Å². The van der Waals surface area contributed by atoms with Gasteiger partial charge in [0.1, 0.15) is 5.82 Å². The van der Waals surface area contributed by atoms with Gasteiger partial charge in [-0.15, -0.1) is 0 Å². The smallest absolute Gasteiger partial charge is 0.131 e. The fraction of sp³-hybridized carbons (Fsp3) is 0.133. The summed E-state index contributed by atoms with van der Waals surface area (Å²) in [5.74, 6) is -0.275. The number of nitrogens with zero attached hydrogens (tertiary/aromatic N) is 1. The Bertz CT molecular complexity index is 582. The van der Waals surface area contributed by atoms with Gasteiger partial charge in [-0.1, -0.05) is 42.0 Å². The number of hydrogen-bond acceptors (Lipinski definition) is 1. The van der Waals surface area contributed by atoms with E-state index in [0.29, 0.717) is 11.1 Å². The summed E-state index contributed by atoms with van der Waals surface area (Å²) >= 11 is 0. The maximum atomic E-state index is 13.9. The molecule has 0 unspecified atom stereocenters. The molecule has 2 heteroatoms. The lowest BCUT2D eigenvalue weighted by Gasteiger charge is -2.05. The summed E-state index contributed by atoms with van der Waals surface area (Å²) in [4.78, 5) is 0. The van der Waals surface area contributed by atoms with Gasteiger partial charge in [-0.25, -0.2) is 4.39 Å². The highest BCUT2D eigenvalue weighted by atomic mass is 19.1. The zero-order valence-electron chi connectivity index (χ0n) is 9.57. The van der Waals surface area contributed by atoms with Crippen LogP contribution in [0.1, 0.15) is 11.1 Å². The van der Waals surface area contributed by atoms with Gasteiger partial charge in [-0.3, -0.25) is 0 Å². The van der Waals surface area contributed by atoms with Crippen molar-refractivity contribution in [3.63, 3.8) is 0 Å². The summed E-state index contributed by atoms with van der Waals surface area (Å²) in [5, 5.41) is 8.56. The maximum Gasteiger partial charge on any atom is 0.131 e. The zero-order chi connectivity index (χ0) is 12.3. The summed E-state index contributed by atoms with van der Waals surface area (Å²) in [6.45, 7) is 1.98. The van der Waals surface area contributed by atoms with Gasteiger partial charge in [-0.2, -0.15) is 5.26 Å². The average molecular weight is 225 g/mol. The Morgan fingerprint density at radius 1 is 1.18 bits per heavy atom. The molecule has 17 heavy (non-hydrogen) atoms. The Morgan fingerprint density at radius 3 is 2.65 bits per heavy atom. The molecule has 0 bridgehead atoms. The fourth-order valence-corrected chi connectivity index (χ4v) is 1.81. The van der Waals surface area contributed by atoms with Crippen molar-refractivity contribution in [1.29, 1.82) is 5.26 Å². The Balaban J connectivity index is 2.44. The molecule has 0 N–H and O–H groups in total. The van der Waals surface area contributed by atoms with Crippen LogP contribution >= 0.6 is 0 Å². The molecule has 0 aliphatic carbocycles. The summed E-state index contributed by atoms with van der Waals surface area (Å²) in [6, 6.07) is 14.7. The third kappa shape index (κ3) is 2.51. The van der Waals surface area contributed by atoms with Gasteiger partial charge in [0.05, 0.1) is 12.5 Å². The second-order valence-electron chi connectivity index (χ2n) is 4.02. The standard InChI is InChI=1S/C15H12FN/c1-11-3-2-4-13(9-11)14-6-5-12(7-8-17)10-15(14)16/h2-6,9-10H,7H2,1H3. The molecule has 0 saturated heterocycles. The molecule has 0 fully saturated rings. The van der Waals surface area contributed by atoms with Gasteiger partial charge in [0.15, 0.2) is 0 Å². The topological polar surface area (TPSA) is 23.8 Å². The minimum atomic E-state index is -0.275. The summed E-state index contributed by atoms with van der Waals surface area (Å²) in [6.07, 6.45) is 0.241. The van der Waals surface area contributed by atoms with Crippen LogP contribution in [0.15, 0.2) is 42.5 Å². The number of benzene rings is 2. The average Bonchev–Trinajstić information content (AvgIpc) is 2.29. The number of halogens is 1. The largest absolute Gasteiger partial charge is 0.206 e. The molecule has 0 heterocycles. The van der Waals surface area contributed by atoms with Crippen molar-refractivity contribution < 1.29 is 4.39 Å². The molecule has 0 amide bonds. The van der Waals surface area contributed by atoms with Crippen LogP contribution in [-0.4, -0.2) is 0 Å². The van der Waals surface area contributed by atoms with E-state index in [-0.39, 0.29) is 12.2 Å². The molecular weight excluding hydrogens is 213 g/mol. The van der Waals surface area contributed by atoms with Crippen molar-refractivity contribution in [2.75, 3.05) is 0 Å². The van der Waals surface area contributed by atoms with Gasteiger partial charge in [-0.05, 0) is 24.1 Å². The van der Waals surface area contributed by atoms with E-state index in [9.17, 15) is 4.39 Å². The first-order chi connectivity index (χ1) is 8.20. The molecule has 0 aliphatic rings. The maximum absolute atomic E-state index is 13.9. The van der Waals surface area contributed by atoms with E-state index < -0.39 is 0 Å². The predicted octanol–water partition coefficient (Wildman–Crippen LogP) is 3.87. The van der Waals surface area contributed by atoms with Gasteiger partial charge in [0.25, 0.3) is 0 Å². The van der Waals surface area contributed by atoms with Crippen LogP contribution in [-0.2, 0) is 6.42 Å². The first kappa shape index (κ1) is 11.3. The van der Waals surface area contributed by atoms with Crippen LogP contribution in [0.5, 0.6) is 0 Å². The highest BCUT2D eigenvalue weighted by molar-refractivity contribution is 5.65. The first-order valence-corrected chi connectivity index (χ1v) is 5.43. The van der Waals surface area contributed by atoms with Crippen LogP contribution in [0.4, 0.5) is 4.39 Å². The van der Waals surface area contributed by atoms with Gasteiger partial charge >= 0.3 is 0 Å². The van der Waals surface area contributed by atoms with Crippen LogP contribution in [0.3, 0.4) is 0 Å². The summed E-state index contributed by atoms with van der Waals surface area (Å²) < 4.78 is 13.9. The molecule has 0 saturated carbocycles. The predicted molar refractivity (Wildman–Crippen MR) is 65.9 cm³/mol. The molecule has 0 aliphatic heterocycles. The lowest BCUT2D eigenvalue weighted by molar-refractivity contribution is 0.629. The van der Waals surface area contributed by atoms with Crippen molar-refractivity contribution in [3.05, 3.63) is 59.4 Å². The zero-order valence-corrected chi connectivity index (χ0v) is 9.57. The van der Waals surface area contributed by atoms with Crippen molar-refractivity contribution in [3.8, 4) is 17.2 Å². The minimum absolute atomic E-state index is 0.241. The molecule has 0 aromatic heterocycles. The van der Waals surface area contributed by atoms with E-state index in [1.54, 1.807) is 12.1 Å². The number of rotatable bonds is 2. The van der Waals surface area contributed by atoms with Crippen LogP contribution in [0.2, 0.25) is 0 Å². The van der Waals surface area contributed by atoms with E-state index in [1.165, 1.54) is 6.07 Å². The highest BCUT2D eigenvalue weighted by Crippen LogP contribution is 2.24. The Labute approximate surface area is 100 Å². The Kier molecular flexibility index (Phi) is 3.20. The lowest BCUT2D eigenvalue weighted by atomic mass is 10.0. The van der Waals surface area contributed by atoms with Crippen molar-refractivity contribution in [2.24, 2.45) is 0 Å². The second-order valence-corrected chi connectivity index (χ2v) is 4.02. The van der Waals surface area contributed by atoms with E-state index in [4.69, 9.17) is 5.26 Å². The van der Waals surface area contributed by atoms with Crippen LogP contribution < -0.4 is 0 Å². The molecule has 2 rings (SSSR count). The quantitative estimate of drug-likeness (QED) is 0.761. The van der Waals surface area contributed by atoms with Crippen molar-refractivity contribution >= 4 is 0 Å². The van der Waals surface area contributed by atoms with Crippen molar-refractivity contribution in [1.82, 2.24) is 0 Å². The molecule has 2 aromatic rings. The van der Waals surface area contributed by atoms with Crippen LogP contribution in [0.25, 0.3) is 11.1 Å². The molecule has 84 valence electrons. The normalized spacial score (nSPS) is 9.94. The Morgan fingerprint density at radius 2 is 2.00 bits per heavy atom. The Hall–Kier alpha value is -2.14. The van der Waals surface area contributed by atoms with Gasteiger partial charge < -0.3 is 0 Å². The third-order valence-electron chi connectivity index (χ3n) is 2.65. The third-order valence-corrected chi connectivity index (χ3v) is 2.65. The number of hydrogen-bond donors (Lipinski definition) is 0. The van der Waals surface area contributed by atoms with Crippen LogP contribution in [0, 0.1) is 24.1 Å². The number of aryl methyl sites for hydroxylation is 1. The monoisotopic (exact) mass is 225 g/mol. The summed E-state index contributed by atoms with van der Waals surface area (Å²) in [5.41, 5.74) is 3.26. The highest BCUT2D eigenvalue weighted by Gasteiger charge is 2.06. The van der Waals surface area contributed by atoms with E-state index >= 15 is 0 Å². The molecule has 1 nitrogen and oxygen atoms in total. The first-order valence-electron chi connectivity index (χ1n) is 5.43. The molecule has 0 spiro atoms. The molecule has 0 radical (unpaired) electrons. The second kappa shape index (κ2) is 4.80. The minimum Gasteiger partial charge on any atom is -0.206 e. The summed E-state index contributed by atoms with van der Waals surface area (Å²) in [7, 11) is 0. The molecule has 0 atom stereocenters. The fourth-order valence-electron chi connectivity index (χ4n) is 1.81. The van der Waals surface area contributed by atoms with E-state index in [2.05, 4.69) is 0 Å². The van der Waals surface area contributed by atoms with E-state index in [0.717, 1.165) is 11.1 Å². The lowest BCUT2D eigenvalue weighted by Crippen LogP contribution is -1.89. The van der Waals surface area contributed by atoms with Crippen molar-refractivity contribution in [2.45, 2.75) is 13.3 Å². The van der Waals surface area contributed by atoms with Gasteiger partial charge in [0, 0.05) is 5.56 Å². The number of nitriles is 1.